The minimum absolute atomic E-state index is 0.0688. The Morgan fingerprint density at radius 3 is 2.52 bits per heavy atom. The molecule has 0 fully saturated rings. The molecule has 25 heavy (non-hydrogen) atoms. The van der Waals surface area contributed by atoms with Gasteiger partial charge in [-0.25, -0.2) is 0 Å². The Balaban J connectivity index is 2.05. The summed E-state index contributed by atoms with van der Waals surface area (Å²) in [5, 5.41) is 11.8. The van der Waals surface area contributed by atoms with Crippen LogP contribution in [0, 0.1) is 11.3 Å². The van der Waals surface area contributed by atoms with Gasteiger partial charge in [0, 0.05) is 5.56 Å². The van der Waals surface area contributed by atoms with Crippen LogP contribution in [-0.4, -0.2) is 17.8 Å². The summed E-state index contributed by atoms with van der Waals surface area (Å²) in [7, 11) is 0. The van der Waals surface area contributed by atoms with Crippen LogP contribution >= 0.6 is 0 Å². The van der Waals surface area contributed by atoms with Crippen LogP contribution in [0.2, 0.25) is 0 Å². The van der Waals surface area contributed by atoms with Gasteiger partial charge in [0.25, 0.3) is 5.91 Å². The van der Waals surface area contributed by atoms with E-state index in [9.17, 15) is 9.59 Å². The maximum absolute atomic E-state index is 12.4. The average Bonchev–Trinajstić information content (AvgIpc) is 2.62. The molecule has 1 N–H and O–H groups in total. The first-order valence-electron chi connectivity index (χ1n) is 8.01. The number of nitrogens with one attached hydrogen (secondary N) is 1. The van der Waals surface area contributed by atoms with Gasteiger partial charge in [-0.05, 0) is 31.5 Å². The molecular weight excluding hydrogens is 316 g/mol. The lowest BCUT2D eigenvalue weighted by Crippen LogP contribution is -2.38. The highest BCUT2D eigenvalue weighted by molar-refractivity contribution is 5.94. The molecule has 0 radical (unpaired) electrons. The highest BCUT2D eigenvalue weighted by atomic mass is 16.5. The fraction of sp³-hybridized carbons (Fsp3) is 0.250. The summed E-state index contributed by atoms with van der Waals surface area (Å²) in [6.45, 7) is 3.10. The molecule has 2 atom stereocenters. The predicted molar refractivity (Wildman–Crippen MR) is 94.1 cm³/mol. The first-order valence-corrected chi connectivity index (χ1v) is 8.01. The number of rotatable bonds is 7. The molecule has 0 aliphatic heterocycles. The third kappa shape index (κ3) is 5.18. The van der Waals surface area contributed by atoms with Crippen molar-refractivity contribution < 1.29 is 14.3 Å². The topological polar surface area (TPSA) is 79.2 Å². The molecule has 0 bridgehead atoms. The highest BCUT2D eigenvalue weighted by Crippen LogP contribution is 2.18. The average molecular weight is 336 g/mol. The standard InChI is InChI=1S/C20H20N2O3/c1-14(23)17-9-6-10-18(13-17)25-15(2)20(24)22-19(11-12-21)16-7-4-3-5-8-16/h3-10,13,15,19H,11H2,1-2H3,(H,22,24)/t15-,19-/m1/s1. The van der Waals surface area contributed by atoms with E-state index in [1.807, 2.05) is 30.3 Å². The van der Waals surface area contributed by atoms with Crippen molar-refractivity contribution in [2.24, 2.45) is 0 Å². The quantitative estimate of drug-likeness (QED) is 0.786. The second kappa shape index (κ2) is 8.65. The number of carbonyl (C=O) groups excluding carboxylic acids is 2. The molecule has 0 saturated carbocycles. The molecule has 2 rings (SSSR count). The summed E-state index contributed by atoms with van der Waals surface area (Å²) in [5.74, 6) is 0.0601. The van der Waals surface area contributed by atoms with Crippen LogP contribution in [0.3, 0.4) is 0 Å². The lowest BCUT2D eigenvalue weighted by Gasteiger charge is -2.20. The Morgan fingerprint density at radius 1 is 1.16 bits per heavy atom. The van der Waals surface area contributed by atoms with Crippen molar-refractivity contribution in [3.8, 4) is 11.8 Å². The van der Waals surface area contributed by atoms with E-state index in [2.05, 4.69) is 11.4 Å². The van der Waals surface area contributed by atoms with E-state index in [4.69, 9.17) is 10.00 Å². The van der Waals surface area contributed by atoms with E-state index in [-0.39, 0.29) is 18.1 Å². The Kier molecular flexibility index (Phi) is 6.30. The Morgan fingerprint density at radius 2 is 1.88 bits per heavy atom. The van der Waals surface area contributed by atoms with Gasteiger partial charge in [0.05, 0.1) is 18.5 Å². The molecule has 1 amide bonds. The fourth-order valence-electron chi connectivity index (χ4n) is 2.36. The molecule has 0 aliphatic carbocycles. The van der Waals surface area contributed by atoms with Crippen LogP contribution in [0.25, 0.3) is 0 Å². The monoisotopic (exact) mass is 336 g/mol. The zero-order valence-corrected chi connectivity index (χ0v) is 14.2. The van der Waals surface area contributed by atoms with E-state index in [0.717, 1.165) is 5.56 Å². The number of carbonyl (C=O) groups is 2. The van der Waals surface area contributed by atoms with Crippen molar-refractivity contribution in [3.63, 3.8) is 0 Å². The molecule has 0 spiro atoms. The molecule has 0 aromatic heterocycles. The van der Waals surface area contributed by atoms with Gasteiger partial charge in [-0.1, -0.05) is 42.5 Å². The molecule has 0 unspecified atom stereocenters. The molecule has 0 heterocycles. The second-order valence-electron chi connectivity index (χ2n) is 5.68. The Labute approximate surface area is 147 Å². The lowest BCUT2D eigenvalue weighted by molar-refractivity contribution is -0.128. The van der Waals surface area contributed by atoms with Gasteiger partial charge in [0.2, 0.25) is 0 Å². The summed E-state index contributed by atoms with van der Waals surface area (Å²) in [4.78, 5) is 23.8. The maximum atomic E-state index is 12.4. The molecular formula is C20H20N2O3. The molecule has 2 aromatic rings. The number of hydrogen-bond acceptors (Lipinski definition) is 4. The number of Topliss-reactive ketones (excluding diaryl/α,β-unsaturated/α-hetero) is 1. The molecule has 128 valence electrons. The predicted octanol–water partition coefficient (Wildman–Crippen LogP) is 3.43. The molecule has 5 nitrogen and oxygen atoms in total. The number of hydrogen-bond donors (Lipinski definition) is 1. The third-order valence-electron chi connectivity index (χ3n) is 3.74. The SMILES string of the molecule is CC(=O)c1cccc(O[C@H](C)C(=O)N[C@H](CC#N)c2ccccc2)c1. The number of ketones is 1. The van der Waals surface area contributed by atoms with Crippen molar-refractivity contribution in [1.29, 1.82) is 5.26 Å². The number of nitrogens with zero attached hydrogens (tertiary/aromatic N) is 1. The zero-order valence-electron chi connectivity index (χ0n) is 14.2. The van der Waals surface area contributed by atoms with Crippen molar-refractivity contribution >= 4 is 11.7 Å². The van der Waals surface area contributed by atoms with Crippen LogP contribution in [0.4, 0.5) is 0 Å². The normalized spacial score (nSPS) is 12.5. The number of amides is 1. The van der Waals surface area contributed by atoms with Crippen LogP contribution in [0.15, 0.2) is 54.6 Å². The third-order valence-corrected chi connectivity index (χ3v) is 3.74. The summed E-state index contributed by atoms with van der Waals surface area (Å²) in [5.41, 5.74) is 1.39. The van der Waals surface area contributed by atoms with Gasteiger partial charge in [-0.15, -0.1) is 0 Å². The van der Waals surface area contributed by atoms with Crippen LogP contribution in [-0.2, 0) is 4.79 Å². The fourth-order valence-corrected chi connectivity index (χ4v) is 2.36. The maximum Gasteiger partial charge on any atom is 0.261 e. The second-order valence-corrected chi connectivity index (χ2v) is 5.68. The molecule has 2 aromatic carbocycles. The summed E-state index contributed by atoms with van der Waals surface area (Å²) >= 11 is 0. The summed E-state index contributed by atoms with van der Waals surface area (Å²) in [6, 6.07) is 17.7. The van der Waals surface area contributed by atoms with Crippen molar-refractivity contribution in [1.82, 2.24) is 5.32 Å². The first kappa shape index (κ1) is 18.2. The largest absolute Gasteiger partial charge is 0.481 e. The number of nitriles is 1. The first-order chi connectivity index (χ1) is 12.0. The van der Waals surface area contributed by atoms with Gasteiger partial charge < -0.3 is 10.1 Å². The van der Waals surface area contributed by atoms with Crippen LogP contribution < -0.4 is 10.1 Å². The van der Waals surface area contributed by atoms with Crippen molar-refractivity contribution in [3.05, 3.63) is 65.7 Å². The van der Waals surface area contributed by atoms with Gasteiger partial charge in [-0.2, -0.15) is 5.26 Å². The minimum Gasteiger partial charge on any atom is -0.481 e. The minimum atomic E-state index is -0.757. The van der Waals surface area contributed by atoms with E-state index in [0.29, 0.717) is 11.3 Å². The summed E-state index contributed by atoms with van der Waals surface area (Å²) in [6.07, 6.45) is -0.588. The summed E-state index contributed by atoms with van der Waals surface area (Å²) < 4.78 is 5.63. The van der Waals surface area contributed by atoms with E-state index >= 15 is 0 Å². The van der Waals surface area contributed by atoms with Gasteiger partial charge in [0.15, 0.2) is 11.9 Å². The molecule has 5 heteroatoms. The smallest absolute Gasteiger partial charge is 0.261 e. The molecule has 0 saturated heterocycles. The Bertz CT molecular complexity index is 781. The Hall–Kier alpha value is -3.13. The van der Waals surface area contributed by atoms with E-state index < -0.39 is 12.1 Å². The van der Waals surface area contributed by atoms with Gasteiger partial charge in [0.1, 0.15) is 5.75 Å². The van der Waals surface area contributed by atoms with Crippen molar-refractivity contribution in [2.75, 3.05) is 0 Å². The van der Waals surface area contributed by atoms with E-state index in [1.165, 1.54) is 6.92 Å². The van der Waals surface area contributed by atoms with Crippen LogP contribution in [0.1, 0.15) is 42.2 Å². The zero-order chi connectivity index (χ0) is 18.2. The lowest BCUT2D eigenvalue weighted by atomic mass is 10.0. The van der Waals surface area contributed by atoms with Crippen molar-refractivity contribution in [2.45, 2.75) is 32.4 Å². The van der Waals surface area contributed by atoms with Gasteiger partial charge in [-0.3, -0.25) is 9.59 Å². The molecule has 0 aliphatic rings. The van der Waals surface area contributed by atoms with E-state index in [1.54, 1.807) is 31.2 Å². The number of ether oxygens (including phenoxy) is 1. The van der Waals surface area contributed by atoms with Crippen LogP contribution in [0.5, 0.6) is 5.75 Å². The number of benzene rings is 2. The van der Waals surface area contributed by atoms with Gasteiger partial charge >= 0.3 is 0 Å². The highest BCUT2D eigenvalue weighted by Gasteiger charge is 2.20.